The van der Waals surface area contributed by atoms with Gasteiger partial charge in [0.15, 0.2) is 0 Å². The summed E-state index contributed by atoms with van der Waals surface area (Å²) in [4.78, 5) is 29.2. The molecule has 0 fully saturated rings. The van der Waals surface area contributed by atoms with Gasteiger partial charge in [0.05, 0.1) is 17.4 Å². The van der Waals surface area contributed by atoms with E-state index in [0.29, 0.717) is 25.0 Å². The summed E-state index contributed by atoms with van der Waals surface area (Å²) in [6, 6.07) is 43.9. The number of rotatable bonds is 27. The van der Waals surface area contributed by atoms with Crippen LogP contribution in [0, 0.1) is 10.8 Å². The third-order valence-electron chi connectivity index (χ3n) is 10.5. The maximum Gasteiger partial charge on any atom is 0.587 e. The molecular weight excluding hydrogens is 887 g/mol. The molecule has 12 nitrogen and oxygen atoms in total. The van der Waals surface area contributed by atoms with Gasteiger partial charge >= 0.3 is 27.6 Å². The van der Waals surface area contributed by atoms with Crippen LogP contribution in [0.4, 0.5) is 0 Å². The Morgan fingerprint density at radius 2 is 0.985 bits per heavy atom. The molecule has 5 aromatic rings. The minimum Gasteiger partial charge on any atom is -0.462 e. The van der Waals surface area contributed by atoms with E-state index < -0.39 is 50.6 Å². The van der Waals surface area contributed by atoms with Crippen LogP contribution in [0.15, 0.2) is 152 Å². The maximum atomic E-state index is 14.6. The first kappa shape index (κ1) is 51.0. The lowest BCUT2D eigenvalue weighted by Gasteiger charge is -2.38. The first-order valence-corrected chi connectivity index (χ1v) is 25.9. The molecule has 65 heavy (non-hydrogen) atoms. The van der Waals surface area contributed by atoms with E-state index in [0.717, 1.165) is 5.56 Å². The summed E-state index contributed by atoms with van der Waals surface area (Å²) >= 11 is 1.44. The molecule has 5 aromatic carbocycles. The molecule has 0 heterocycles. The number of benzene rings is 5. The lowest BCUT2D eigenvalue weighted by molar-refractivity contribution is -0.168. The van der Waals surface area contributed by atoms with Gasteiger partial charge in [-0.05, 0) is 106 Å². The van der Waals surface area contributed by atoms with E-state index in [2.05, 4.69) is 0 Å². The van der Waals surface area contributed by atoms with Crippen LogP contribution in [-0.2, 0) is 37.2 Å². The molecule has 0 aliphatic rings. The molecule has 5 atom stereocenters. The van der Waals surface area contributed by atoms with Gasteiger partial charge in [-0.3, -0.25) is 18.6 Å². The lowest BCUT2D eigenvalue weighted by atomic mass is 9.69. The molecule has 0 bridgehead atoms. The topological polar surface area (TPSA) is 142 Å². The van der Waals surface area contributed by atoms with Crippen molar-refractivity contribution in [3.05, 3.63) is 157 Å². The normalized spacial score (nSPS) is 14.9. The van der Waals surface area contributed by atoms with Gasteiger partial charge in [-0.25, -0.2) is 9.13 Å². The van der Waals surface area contributed by atoms with Crippen molar-refractivity contribution < 1.29 is 55.3 Å². The zero-order valence-electron chi connectivity index (χ0n) is 37.8. The number of ether oxygens (including phenoxy) is 2. The van der Waals surface area contributed by atoms with Crippen LogP contribution in [0.2, 0.25) is 0 Å². The minimum absolute atomic E-state index is 0.0457. The summed E-state index contributed by atoms with van der Waals surface area (Å²) < 4.78 is 75.8. The van der Waals surface area contributed by atoms with Crippen molar-refractivity contribution in [3.63, 3.8) is 0 Å². The molecule has 0 N–H and O–H groups in total. The smallest absolute Gasteiger partial charge is 0.462 e. The molecule has 0 radical (unpaired) electrons. The quantitative estimate of drug-likeness (QED) is 0.0364. The first-order valence-electron chi connectivity index (χ1n) is 21.6. The van der Waals surface area contributed by atoms with Gasteiger partial charge < -0.3 is 27.6 Å². The van der Waals surface area contributed by atoms with E-state index in [-0.39, 0.29) is 48.6 Å². The molecule has 0 spiro atoms. The van der Waals surface area contributed by atoms with Gasteiger partial charge in [0.25, 0.3) is 0 Å². The second-order valence-electron chi connectivity index (χ2n) is 16.2. The largest absolute Gasteiger partial charge is 0.587 e. The Balaban J connectivity index is 1.35. The molecular formula is C50H60O12P2S. The van der Waals surface area contributed by atoms with Crippen LogP contribution in [0.1, 0.15) is 71.8 Å². The van der Waals surface area contributed by atoms with Crippen LogP contribution < -0.4 is 18.1 Å². The van der Waals surface area contributed by atoms with Crippen LogP contribution in [0.3, 0.4) is 0 Å². The Hall–Kier alpha value is -5.03. The number of thioether (sulfide) groups is 1. The number of esters is 2. The molecule has 348 valence electrons. The van der Waals surface area contributed by atoms with Gasteiger partial charge in [0, 0.05) is 5.75 Å². The fourth-order valence-corrected chi connectivity index (χ4v) is 10.8. The molecule has 0 aliphatic carbocycles. The average molecular weight is 947 g/mol. The SMILES string of the molecule is CCC(COP(=O)(Oc1ccccc1)Oc1ccccc1)OC(=O)C(C)(CSC)CC(C)(CC(C)c1ccccc1)C(=O)OCC(CC)OP(=O)(Oc1ccccc1)Oc1ccccc1. The van der Waals surface area contributed by atoms with Crippen LogP contribution in [0.5, 0.6) is 23.0 Å². The van der Waals surface area contributed by atoms with Crippen LogP contribution in [-0.4, -0.2) is 49.4 Å². The molecule has 0 aliphatic heterocycles. The van der Waals surface area contributed by atoms with Crippen molar-refractivity contribution in [1.29, 1.82) is 0 Å². The molecule has 15 heteroatoms. The predicted molar refractivity (Wildman–Crippen MR) is 254 cm³/mol. The lowest BCUT2D eigenvalue weighted by Crippen LogP contribution is -2.44. The number of carbonyl (C=O) groups is 2. The molecule has 5 rings (SSSR count). The summed E-state index contributed by atoms with van der Waals surface area (Å²) in [5.74, 6) is 0.123. The van der Waals surface area contributed by atoms with E-state index >= 15 is 0 Å². The van der Waals surface area contributed by atoms with Gasteiger partial charge in [-0.1, -0.05) is 124 Å². The fraction of sp³-hybridized carbons (Fsp3) is 0.360. The van der Waals surface area contributed by atoms with Gasteiger partial charge in [-0.15, -0.1) is 0 Å². The zero-order chi connectivity index (χ0) is 46.8. The summed E-state index contributed by atoms with van der Waals surface area (Å²) in [6.07, 6.45) is 1.09. The number of hydrogen-bond acceptors (Lipinski definition) is 13. The third kappa shape index (κ3) is 15.8. The standard InChI is InChI=1S/C50H60O12P2S/c1-7-41(36-56-63(53,59-43-26-16-10-17-27-43)60-44-28-18-11-19-29-44)57-48(52)50(5,38-65-6)37-49(4,34-39(3)40-24-14-9-15-25-40)47(51)55-35-42(8-2)58-64(54,61-45-30-20-12-21-31-45)62-46-32-22-13-23-33-46/h9-33,39,41-42H,7-8,34-38H2,1-6H3. The van der Waals surface area contributed by atoms with E-state index in [1.807, 2.05) is 57.4 Å². The Kier molecular flexibility index (Phi) is 19.2. The number of hydrogen-bond donors (Lipinski definition) is 0. The third-order valence-corrected chi connectivity index (χ3v) is 14.2. The van der Waals surface area contributed by atoms with Crippen molar-refractivity contribution in [2.75, 3.05) is 25.2 Å². The summed E-state index contributed by atoms with van der Waals surface area (Å²) in [7, 11) is -8.61. The molecule has 5 unspecified atom stereocenters. The zero-order valence-corrected chi connectivity index (χ0v) is 40.4. The predicted octanol–water partition coefficient (Wildman–Crippen LogP) is 13.2. The highest BCUT2D eigenvalue weighted by Crippen LogP contribution is 2.52. The van der Waals surface area contributed by atoms with Gasteiger partial charge in [-0.2, -0.15) is 11.8 Å². The first-order chi connectivity index (χ1) is 31.2. The van der Waals surface area contributed by atoms with E-state index in [4.69, 9.17) is 36.6 Å². The van der Waals surface area contributed by atoms with Crippen molar-refractivity contribution in [3.8, 4) is 23.0 Å². The van der Waals surface area contributed by atoms with E-state index in [9.17, 15) is 18.7 Å². The van der Waals surface area contributed by atoms with E-state index in [1.54, 1.807) is 135 Å². The second-order valence-corrected chi connectivity index (χ2v) is 20.1. The highest BCUT2D eigenvalue weighted by Gasteiger charge is 2.48. The Morgan fingerprint density at radius 1 is 0.569 bits per heavy atom. The van der Waals surface area contributed by atoms with Gasteiger partial charge in [0.1, 0.15) is 41.8 Å². The summed E-state index contributed by atoms with van der Waals surface area (Å²) in [5.41, 5.74) is -1.45. The van der Waals surface area contributed by atoms with Crippen molar-refractivity contribution in [2.45, 2.75) is 78.4 Å². The Morgan fingerprint density at radius 3 is 1.40 bits per heavy atom. The monoisotopic (exact) mass is 946 g/mol. The van der Waals surface area contributed by atoms with E-state index in [1.165, 1.54) is 11.8 Å². The number of carbonyl (C=O) groups excluding carboxylic acids is 2. The average Bonchev–Trinajstić information content (AvgIpc) is 3.30. The molecule has 0 amide bonds. The van der Waals surface area contributed by atoms with Gasteiger partial charge in [0.2, 0.25) is 0 Å². The maximum absolute atomic E-state index is 14.6. The Labute approximate surface area is 387 Å². The van der Waals surface area contributed by atoms with Crippen molar-refractivity contribution in [2.24, 2.45) is 10.8 Å². The Bertz CT molecular complexity index is 2200. The highest BCUT2D eigenvalue weighted by molar-refractivity contribution is 7.98. The fourth-order valence-electron chi connectivity index (χ4n) is 7.19. The number of phosphoric acid groups is 2. The summed E-state index contributed by atoms with van der Waals surface area (Å²) in [5, 5.41) is 0. The number of para-hydroxylation sites is 4. The van der Waals surface area contributed by atoms with Crippen molar-refractivity contribution in [1.82, 2.24) is 0 Å². The minimum atomic E-state index is -4.32. The highest BCUT2D eigenvalue weighted by atomic mass is 32.2. The van der Waals surface area contributed by atoms with Crippen LogP contribution in [0.25, 0.3) is 0 Å². The molecule has 0 saturated heterocycles. The second kappa shape index (κ2) is 24.5. The van der Waals surface area contributed by atoms with Crippen LogP contribution >= 0.6 is 27.4 Å². The summed E-state index contributed by atoms with van der Waals surface area (Å²) in [6.45, 7) is 8.64. The molecule has 0 saturated carbocycles. The molecule has 0 aromatic heterocycles. The van der Waals surface area contributed by atoms with Crippen molar-refractivity contribution >= 4 is 39.3 Å². The number of phosphoric ester groups is 2.